The van der Waals surface area contributed by atoms with E-state index in [1.807, 2.05) is 6.07 Å². The van der Waals surface area contributed by atoms with Crippen molar-refractivity contribution in [2.24, 2.45) is 11.8 Å². The Bertz CT molecular complexity index is 654. The first-order valence-corrected chi connectivity index (χ1v) is 11.0. The molecular formula is C23H34N2O. The topological polar surface area (TPSA) is 35.5 Å². The third kappa shape index (κ3) is 2.79. The maximum Gasteiger partial charge on any atom is 0.115 e. The zero-order valence-corrected chi connectivity index (χ0v) is 16.1. The van der Waals surface area contributed by atoms with Crippen molar-refractivity contribution in [2.45, 2.75) is 69.2 Å². The Labute approximate surface area is 158 Å². The highest BCUT2D eigenvalue weighted by Crippen LogP contribution is 2.56. The second-order valence-electron chi connectivity index (χ2n) is 9.39. The summed E-state index contributed by atoms with van der Waals surface area (Å²) in [5.74, 6) is 2.21. The number of aromatic hydroxyl groups is 1. The summed E-state index contributed by atoms with van der Waals surface area (Å²) < 4.78 is 0. The minimum atomic E-state index is 0.362. The summed E-state index contributed by atoms with van der Waals surface area (Å²) in [7, 11) is 0. The third-order valence-corrected chi connectivity index (χ3v) is 8.22. The van der Waals surface area contributed by atoms with Gasteiger partial charge in [0.25, 0.3) is 0 Å². The van der Waals surface area contributed by atoms with Crippen LogP contribution in [0.4, 0.5) is 0 Å². The molecule has 4 aliphatic rings. The van der Waals surface area contributed by atoms with Crippen LogP contribution in [0.25, 0.3) is 0 Å². The molecule has 3 fully saturated rings. The number of phenolic OH excluding ortho intramolecular Hbond substituents is 1. The maximum atomic E-state index is 10.1. The normalized spacial score (nSPS) is 34.9. The molecule has 0 spiro atoms. The molecular weight excluding hydrogens is 320 g/mol. The fourth-order valence-corrected chi connectivity index (χ4v) is 6.87. The number of hydrogen-bond donors (Lipinski definition) is 2. The molecule has 2 saturated heterocycles. The van der Waals surface area contributed by atoms with E-state index < -0.39 is 0 Å². The highest BCUT2D eigenvalue weighted by Gasteiger charge is 2.53. The van der Waals surface area contributed by atoms with Crippen LogP contribution < -0.4 is 5.32 Å². The van der Waals surface area contributed by atoms with Crippen molar-refractivity contribution in [2.75, 3.05) is 26.2 Å². The van der Waals surface area contributed by atoms with Crippen LogP contribution in [0.15, 0.2) is 18.2 Å². The van der Waals surface area contributed by atoms with E-state index in [1.165, 1.54) is 95.1 Å². The van der Waals surface area contributed by atoms with Crippen LogP contribution in [-0.2, 0) is 11.8 Å². The fraction of sp³-hybridized carbons (Fsp3) is 0.739. The summed E-state index contributed by atoms with van der Waals surface area (Å²) in [6, 6.07) is 6.99. The van der Waals surface area contributed by atoms with Gasteiger partial charge in [-0.1, -0.05) is 18.9 Å². The van der Waals surface area contributed by atoms with Crippen molar-refractivity contribution >= 4 is 0 Å². The van der Waals surface area contributed by atoms with Crippen molar-refractivity contribution in [3.05, 3.63) is 29.3 Å². The smallest absolute Gasteiger partial charge is 0.115 e. The zero-order chi connectivity index (χ0) is 17.6. The first kappa shape index (κ1) is 17.1. The lowest BCUT2D eigenvalue weighted by Crippen LogP contribution is -2.61. The highest BCUT2D eigenvalue weighted by atomic mass is 16.3. The maximum absolute atomic E-state index is 10.1. The molecule has 5 rings (SSSR count). The van der Waals surface area contributed by atoms with Gasteiger partial charge in [0.05, 0.1) is 0 Å². The average Bonchev–Trinajstić information content (AvgIpc) is 2.69. The molecule has 3 atom stereocenters. The van der Waals surface area contributed by atoms with E-state index in [0.717, 1.165) is 17.9 Å². The van der Waals surface area contributed by atoms with Gasteiger partial charge in [-0.2, -0.15) is 0 Å². The van der Waals surface area contributed by atoms with E-state index >= 15 is 0 Å². The molecule has 3 heteroatoms. The average molecular weight is 355 g/mol. The van der Waals surface area contributed by atoms with E-state index in [4.69, 9.17) is 0 Å². The molecule has 2 aliphatic heterocycles. The molecule has 2 N–H and O–H groups in total. The number of nitrogens with zero attached hydrogens (tertiary/aromatic N) is 1. The Morgan fingerprint density at radius 2 is 2.00 bits per heavy atom. The molecule has 3 nitrogen and oxygen atoms in total. The van der Waals surface area contributed by atoms with Gasteiger partial charge in [-0.3, -0.25) is 4.90 Å². The number of fused-ring (bicyclic) bond motifs is 1. The summed E-state index contributed by atoms with van der Waals surface area (Å²) in [6.07, 6.45) is 12.1. The first-order valence-electron chi connectivity index (χ1n) is 11.0. The fourth-order valence-electron chi connectivity index (χ4n) is 6.87. The van der Waals surface area contributed by atoms with Crippen molar-refractivity contribution in [3.8, 4) is 5.75 Å². The molecule has 2 heterocycles. The van der Waals surface area contributed by atoms with Crippen LogP contribution in [0.5, 0.6) is 5.75 Å². The van der Waals surface area contributed by atoms with Gasteiger partial charge in [-0.05, 0) is 106 Å². The summed E-state index contributed by atoms with van der Waals surface area (Å²) in [5.41, 5.74) is 3.40. The lowest BCUT2D eigenvalue weighted by atomic mass is 9.52. The minimum Gasteiger partial charge on any atom is -0.508 e. The lowest BCUT2D eigenvalue weighted by Gasteiger charge is -2.59. The number of likely N-dealkylation sites (tertiary alicyclic amines) is 1. The van der Waals surface area contributed by atoms with Crippen molar-refractivity contribution in [1.82, 2.24) is 10.2 Å². The second-order valence-corrected chi connectivity index (χ2v) is 9.39. The van der Waals surface area contributed by atoms with Crippen LogP contribution in [0.2, 0.25) is 0 Å². The standard InChI is InChI=1S/C23H34N2O/c26-19-5-4-18-15-22-20-3-1-2-9-23(20,21(18)16-19)10-14-25(22)13-8-17-6-11-24-12-7-17/h4-5,16-17,20,22,24,26H,1-3,6-15H2/t20-,22-,23+/m0/s1. The van der Waals surface area contributed by atoms with Gasteiger partial charge in [0, 0.05) is 11.5 Å². The molecule has 1 aromatic carbocycles. The lowest BCUT2D eigenvalue weighted by molar-refractivity contribution is -0.0141. The summed E-state index contributed by atoms with van der Waals surface area (Å²) >= 11 is 0. The van der Waals surface area contributed by atoms with E-state index in [-0.39, 0.29) is 0 Å². The molecule has 2 bridgehead atoms. The SMILES string of the molecule is Oc1ccc2c(c1)[C@@]13CCCC[C@H]1[C@H](C2)N(CCC1CCNCC1)CC3. The minimum absolute atomic E-state index is 0.362. The molecule has 1 saturated carbocycles. The number of rotatable bonds is 3. The Kier molecular flexibility index (Phi) is 4.48. The van der Waals surface area contributed by atoms with Gasteiger partial charge in [-0.25, -0.2) is 0 Å². The van der Waals surface area contributed by atoms with E-state index in [2.05, 4.69) is 22.3 Å². The van der Waals surface area contributed by atoms with E-state index in [9.17, 15) is 5.11 Å². The van der Waals surface area contributed by atoms with Gasteiger partial charge in [-0.15, -0.1) is 0 Å². The molecule has 0 unspecified atom stereocenters. The van der Waals surface area contributed by atoms with Crippen molar-refractivity contribution in [3.63, 3.8) is 0 Å². The Morgan fingerprint density at radius 3 is 2.88 bits per heavy atom. The van der Waals surface area contributed by atoms with Crippen molar-refractivity contribution in [1.29, 1.82) is 0 Å². The predicted molar refractivity (Wildman–Crippen MR) is 106 cm³/mol. The molecule has 0 amide bonds. The van der Waals surface area contributed by atoms with Crippen LogP contribution in [0.3, 0.4) is 0 Å². The van der Waals surface area contributed by atoms with Crippen LogP contribution in [-0.4, -0.2) is 42.2 Å². The van der Waals surface area contributed by atoms with E-state index in [0.29, 0.717) is 11.2 Å². The van der Waals surface area contributed by atoms with Gasteiger partial charge in [0.15, 0.2) is 0 Å². The number of hydrogen-bond acceptors (Lipinski definition) is 3. The Hall–Kier alpha value is -1.06. The first-order chi connectivity index (χ1) is 12.8. The number of piperidine rings is 2. The monoisotopic (exact) mass is 354 g/mol. The number of phenols is 1. The number of nitrogens with one attached hydrogen (secondary N) is 1. The number of benzene rings is 1. The van der Waals surface area contributed by atoms with Crippen LogP contribution >= 0.6 is 0 Å². The summed E-state index contributed by atoms with van der Waals surface area (Å²) in [5, 5.41) is 13.6. The van der Waals surface area contributed by atoms with Gasteiger partial charge < -0.3 is 10.4 Å². The van der Waals surface area contributed by atoms with Gasteiger partial charge in [0.1, 0.15) is 5.75 Å². The third-order valence-electron chi connectivity index (χ3n) is 8.22. The quantitative estimate of drug-likeness (QED) is 0.866. The Morgan fingerprint density at radius 1 is 1.12 bits per heavy atom. The summed E-state index contributed by atoms with van der Waals surface area (Å²) in [4.78, 5) is 2.87. The molecule has 142 valence electrons. The van der Waals surface area contributed by atoms with Crippen LogP contribution in [0, 0.1) is 11.8 Å². The van der Waals surface area contributed by atoms with Gasteiger partial charge >= 0.3 is 0 Å². The molecule has 2 aliphatic carbocycles. The molecule has 0 aromatic heterocycles. The Balaban J connectivity index is 1.39. The molecule has 0 radical (unpaired) electrons. The van der Waals surface area contributed by atoms with Gasteiger partial charge in [0.2, 0.25) is 0 Å². The molecule has 26 heavy (non-hydrogen) atoms. The second kappa shape index (κ2) is 6.83. The predicted octanol–water partition coefficient (Wildman–Crippen LogP) is 3.84. The largest absolute Gasteiger partial charge is 0.508 e. The van der Waals surface area contributed by atoms with E-state index in [1.54, 1.807) is 0 Å². The highest BCUT2D eigenvalue weighted by molar-refractivity contribution is 5.45. The molecule has 1 aromatic rings. The van der Waals surface area contributed by atoms with Crippen LogP contribution in [0.1, 0.15) is 62.5 Å². The zero-order valence-electron chi connectivity index (χ0n) is 16.1. The summed E-state index contributed by atoms with van der Waals surface area (Å²) in [6.45, 7) is 5.00. The van der Waals surface area contributed by atoms with Crippen molar-refractivity contribution < 1.29 is 5.11 Å².